The van der Waals surface area contributed by atoms with Crippen LogP contribution in [0.1, 0.15) is 32.6 Å². The molecule has 0 heterocycles. The molecule has 0 aromatic carbocycles. The topological polar surface area (TPSA) is 53.5 Å². The molecule has 0 bridgehead atoms. The largest absolute Gasteiger partial charge is 0.361 e. The zero-order chi connectivity index (χ0) is 8.32. The van der Waals surface area contributed by atoms with E-state index >= 15 is 0 Å². The van der Waals surface area contributed by atoms with Crippen molar-refractivity contribution in [3.63, 3.8) is 0 Å². The van der Waals surface area contributed by atoms with E-state index in [1.807, 2.05) is 6.92 Å². The quantitative estimate of drug-likeness (QED) is 0.335. The lowest BCUT2D eigenvalue weighted by Crippen LogP contribution is -2.25. The summed E-state index contributed by atoms with van der Waals surface area (Å²) >= 11 is 0. The van der Waals surface area contributed by atoms with Gasteiger partial charge in [-0.25, -0.2) is 0 Å². The molecule has 3 nitrogen and oxygen atoms in total. The molecule has 3 heteroatoms. The Bertz CT molecular complexity index is 210. The van der Waals surface area contributed by atoms with Crippen LogP contribution in [0.3, 0.4) is 0 Å². The monoisotopic (exact) mass is 152 g/mol. The van der Waals surface area contributed by atoms with Crippen molar-refractivity contribution < 1.29 is 9.58 Å². The van der Waals surface area contributed by atoms with Crippen LogP contribution in [-0.4, -0.2) is 16.8 Å². The highest BCUT2D eigenvalue weighted by Crippen LogP contribution is 2.37. The third-order valence-corrected chi connectivity index (χ3v) is 2.48. The van der Waals surface area contributed by atoms with Crippen molar-refractivity contribution in [2.45, 2.75) is 32.6 Å². The number of Topliss-reactive ketones (excluding diaryl/α,β-unsaturated/α-hetero) is 1. The predicted octanol–water partition coefficient (Wildman–Crippen LogP) is 1.44. The Morgan fingerprint density at radius 1 is 1.55 bits per heavy atom. The molecule has 0 atom stereocenters. The van der Waals surface area contributed by atoms with Crippen molar-refractivity contribution in [1.29, 1.82) is 0 Å². The molecule has 1 aliphatic rings. The molecule has 11 heavy (non-hydrogen) atoms. The molecular formula is C8H12N2O. The number of hydrogen-bond donors (Lipinski definition) is 0. The Balaban J connectivity index is 2.71. The second kappa shape index (κ2) is 2.97. The maximum atomic E-state index is 11.3. The van der Waals surface area contributed by atoms with Crippen molar-refractivity contribution in [2.24, 2.45) is 5.41 Å². The summed E-state index contributed by atoms with van der Waals surface area (Å²) < 4.78 is 0. The third-order valence-electron chi connectivity index (χ3n) is 2.48. The number of nitrogens with zero attached hydrogens (tertiary/aromatic N) is 2. The van der Waals surface area contributed by atoms with Gasteiger partial charge in [-0.05, 0) is 12.8 Å². The SMILES string of the molecule is CC1(C(=O)C=[N+]=[N-])CCCC1. The van der Waals surface area contributed by atoms with Crippen molar-refractivity contribution >= 4 is 12.0 Å². The molecule has 0 N–H and O–H groups in total. The summed E-state index contributed by atoms with van der Waals surface area (Å²) in [7, 11) is 0. The highest BCUT2D eigenvalue weighted by molar-refractivity contribution is 6.27. The summed E-state index contributed by atoms with van der Waals surface area (Å²) in [6.07, 6.45) is 5.10. The van der Waals surface area contributed by atoms with E-state index in [-0.39, 0.29) is 11.2 Å². The fourth-order valence-electron chi connectivity index (χ4n) is 1.61. The number of carbonyl (C=O) groups is 1. The summed E-state index contributed by atoms with van der Waals surface area (Å²) in [5.74, 6) is -0.0440. The summed E-state index contributed by atoms with van der Waals surface area (Å²) in [6.45, 7) is 1.93. The van der Waals surface area contributed by atoms with Gasteiger partial charge in [0.2, 0.25) is 5.78 Å². The fourth-order valence-corrected chi connectivity index (χ4v) is 1.61. The third kappa shape index (κ3) is 1.55. The zero-order valence-corrected chi connectivity index (χ0v) is 6.71. The van der Waals surface area contributed by atoms with Crippen LogP contribution < -0.4 is 0 Å². The lowest BCUT2D eigenvalue weighted by Gasteiger charge is -2.15. The average Bonchev–Trinajstić information content (AvgIpc) is 2.38. The number of ketones is 1. The maximum absolute atomic E-state index is 11.3. The first-order chi connectivity index (χ1) is 5.19. The van der Waals surface area contributed by atoms with Crippen molar-refractivity contribution in [3.8, 4) is 0 Å². The molecule has 0 aliphatic heterocycles. The smallest absolute Gasteiger partial charge is 0.323 e. The molecule has 0 radical (unpaired) electrons. The van der Waals surface area contributed by atoms with E-state index in [0.29, 0.717) is 0 Å². The first-order valence-electron chi connectivity index (χ1n) is 3.91. The summed E-state index contributed by atoms with van der Waals surface area (Å²) in [5.41, 5.74) is 7.92. The number of carbonyl (C=O) groups excluding carboxylic acids is 1. The maximum Gasteiger partial charge on any atom is 0.323 e. The number of rotatable bonds is 2. The van der Waals surface area contributed by atoms with Gasteiger partial charge in [-0.2, -0.15) is 4.79 Å². The zero-order valence-electron chi connectivity index (χ0n) is 6.71. The van der Waals surface area contributed by atoms with Gasteiger partial charge in [-0.3, -0.25) is 4.79 Å². The Hall–Kier alpha value is -0.950. The van der Waals surface area contributed by atoms with Crippen LogP contribution in [-0.2, 0) is 4.79 Å². The van der Waals surface area contributed by atoms with Gasteiger partial charge in [-0.15, -0.1) is 0 Å². The van der Waals surface area contributed by atoms with E-state index in [9.17, 15) is 4.79 Å². The van der Waals surface area contributed by atoms with Gasteiger partial charge in [-0.1, -0.05) is 19.8 Å². The van der Waals surface area contributed by atoms with E-state index in [1.165, 1.54) is 0 Å². The van der Waals surface area contributed by atoms with Gasteiger partial charge in [0, 0.05) is 5.41 Å². The lowest BCUT2D eigenvalue weighted by atomic mass is 9.84. The molecule has 0 aromatic rings. The lowest BCUT2D eigenvalue weighted by molar-refractivity contribution is -0.124. The average molecular weight is 152 g/mol. The Morgan fingerprint density at radius 3 is 2.55 bits per heavy atom. The van der Waals surface area contributed by atoms with Crippen LogP contribution in [0.15, 0.2) is 0 Å². The van der Waals surface area contributed by atoms with E-state index in [2.05, 4.69) is 4.79 Å². The van der Waals surface area contributed by atoms with Crippen molar-refractivity contribution in [3.05, 3.63) is 5.53 Å². The van der Waals surface area contributed by atoms with Crippen LogP contribution in [0.2, 0.25) is 0 Å². The minimum absolute atomic E-state index is 0.0440. The van der Waals surface area contributed by atoms with Gasteiger partial charge in [0.15, 0.2) is 0 Å². The summed E-state index contributed by atoms with van der Waals surface area (Å²) in [6, 6.07) is 0. The van der Waals surface area contributed by atoms with Crippen molar-refractivity contribution in [1.82, 2.24) is 0 Å². The Labute approximate surface area is 66.0 Å². The van der Waals surface area contributed by atoms with Gasteiger partial charge in [0.1, 0.15) is 0 Å². The second-order valence-corrected chi connectivity index (χ2v) is 3.38. The van der Waals surface area contributed by atoms with E-state index in [1.54, 1.807) is 0 Å². The molecule has 60 valence electrons. The standard InChI is InChI=1S/C8H12N2O/c1-8(4-2-3-5-8)7(11)6-10-9/h6H,2-5H2,1H3. The number of hydrogen-bond acceptors (Lipinski definition) is 1. The van der Waals surface area contributed by atoms with Gasteiger partial charge < -0.3 is 5.53 Å². The Morgan fingerprint density at radius 2 is 2.09 bits per heavy atom. The first kappa shape index (κ1) is 8.15. The minimum atomic E-state index is -0.244. The van der Waals surface area contributed by atoms with Crippen LogP contribution in [0.4, 0.5) is 0 Å². The van der Waals surface area contributed by atoms with E-state index < -0.39 is 0 Å². The summed E-state index contributed by atoms with van der Waals surface area (Å²) in [4.78, 5) is 14.0. The van der Waals surface area contributed by atoms with Gasteiger partial charge in [0.25, 0.3) is 0 Å². The van der Waals surface area contributed by atoms with Gasteiger partial charge in [0.05, 0.1) is 0 Å². The molecule has 0 spiro atoms. The fraction of sp³-hybridized carbons (Fsp3) is 0.750. The molecule has 0 amide bonds. The molecule has 1 aliphatic carbocycles. The highest BCUT2D eigenvalue weighted by atomic mass is 16.1. The molecule has 0 saturated heterocycles. The minimum Gasteiger partial charge on any atom is -0.361 e. The normalized spacial score (nSPS) is 20.8. The highest BCUT2D eigenvalue weighted by Gasteiger charge is 2.36. The molecule has 0 unspecified atom stereocenters. The van der Waals surface area contributed by atoms with Crippen LogP contribution in [0.5, 0.6) is 0 Å². The van der Waals surface area contributed by atoms with Crippen LogP contribution in [0.25, 0.3) is 5.53 Å². The van der Waals surface area contributed by atoms with Gasteiger partial charge >= 0.3 is 6.21 Å². The van der Waals surface area contributed by atoms with E-state index in [4.69, 9.17) is 5.53 Å². The molecular weight excluding hydrogens is 140 g/mol. The summed E-state index contributed by atoms with van der Waals surface area (Å²) in [5, 5.41) is 0. The van der Waals surface area contributed by atoms with Crippen molar-refractivity contribution in [2.75, 3.05) is 0 Å². The predicted molar refractivity (Wildman–Crippen MR) is 41.3 cm³/mol. The second-order valence-electron chi connectivity index (χ2n) is 3.38. The first-order valence-corrected chi connectivity index (χ1v) is 3.91. The van der Waals surface area contributed by atoms with Crippen LogP contribution >= 0.6 is 0 Å². The Kier molecular flexibility index (Phi) is 2.20. The molecule has 0 aromatic heterocycles. The van der Waals surface area contributed by atoms with Crippen LogP contribution in [0, 0.1) is 5.41 Å². The molecule has 1 rings (SSSR count). The molecule has 1 fully saturated rings. The molecule has 1 saturated carbocycles. The van der Waals surface area contributed by atoms with E-state index in [0.717, 1.165) is 31.9 Å².